The number of benzene rings is 3. The fourth-order valence-corrected chi connectivity index (χ4v) is 5.29. The number of likely N-dealkylation sites (tertiary alicyclic amines) is 1. The van der Waals surface area contributed by atoms with Crippen LogP contribution in [0, 0.1) is 5.92 Å². The molecule has 1 aliphatic rings. The van der Waals surface area contributed by atoms with Crippen LogP contribution in [0.3, 0.4) is 0 Å². The predicted molar refractivity (Wildman–Crippen MR) is 146 cm³/mol. The SMILES string of the molecule is CC(C)OC(=O)Nc1ccc(CN2CCC(C(O)(c3ccc(C(F)(F)F)cc3)c3ccc(C(F)(F)F)cc3)CC2)cc1. The minimum absolute atomic E-state index is 0.188. The van der Waals surface area contributed by atoms with Gasteiger partial charge in [-0.2, -0.15) is 26.3 Å². The Kier molecular flexibility index (Phi) is 9.22. The van der Waals surface area contributed by atoms with Gasteiger partial charge in [-0.3, -0.25) is 10.2 Å². The van der Waals surface area contributed by atoms with Gasteiger partial charge in [-0.25, -0.2) is 4.79 Å². The van der Waals surface area contributed by atoms with Crippen LogP contribution in [0.2, 0.25) is 0 Å². The number of alkyl halides is 6. The number of ether oxygens (including phenoxy) is 1. The largest absolute Gasteiger partial charge is 0.447 e. The molecule has 1 heterocycles. The van der Waals surface area contributed by atoms with Gasteiger partial charge in [0.15, 0.2) is 0 Å². The third-order valence-electron chi connectivity index (χ3n) is 7.43. The van der Waals surface area contributed by atoms with Crippen LogP contribution in [0.15, 0.2) is 72.8 Å². The van der Waals surface area contributed by atoms with Crippen LogP contribution < -0.4 is 5.32 Å². The average Bonchev–Trinajstić information content (AvgIpc) is 2.93. The Morgan fingerprint density at radius 3 is 1.64 bits per heavy atom. The summed E-state index contributed by atoms with van der Waals surface area (Å²) < 4.78 is 84.2. The van der Waals surface area contributed by atoms with Crippen molar-refractivity contribution in [3.63, 3.8) is 0 Å². The zero-order valence-electron chi connectivity index (χ0n) is 23.1. The van der Waals surface area contributed by atoms with Crippen molar-refractivity contribution >= 4 is 11.8 Å². The summed E-state index contributed by atoms with van der Waals surface area (Å²) in [6.07, 6.45) is -9.01. The van der Waals surface area contributed by atoms with Crippen molar-refractivity contribution in [1.29, 1.82) is 0 Å². The lowest BCUT2D eigenvalue weighted by Crippen LogP contribution is -2.44. The van der Waals surface area contributed by atoms with Crippen LogP contribution in [0.25, 0.3) is 0 Å². The Morgan fingerprint density at radius 2 is 1.24 bits per heavy atom. The van der Waals surface area contributed by atoms with E-state index in [0.717, 1.165) is 29.8 Å². The van der Waals surface area contributed by atoms with E-state index < -0.39 is 41.1 Å². The molecule has 4 rings (SSSR count). The van der Waals surface area contributed by atoms with Crippen molar-refractivity contribution in [3.05, 3.63) is 101 Å². The number of piperidine rings is 1. The Morgan fingerprint density at radius 1 is 0.810 bits per heavy atom. The highest BCUT2D eigenvalue weighted by atomic mass is 19.4. The molecular formula is C31H32F6N2O3. The van der Waals surface area contributed by atoms with Crippen molar-refractivity contribution < 1.29 is 41.0 Å². The minimum atomic E-state index is -4.57. The highest BCUT2D eigenvalue weighted by molar-refractivity contribution is 5.84. The lowest BCUT2D eigenvalue weighted by molar-refractivity contribution is -0.138. The fraction of sp³-hybridized carbons (Fsp3) is 0.387. The maximum Gasteiger partial charge on any atom is 0.416 e. The lowest BCUT2D eigenvalue weighted by atomic mass is 9.71. The normalized spacial score (nSPS) is 15.6. The number of aliphatic hydroxyl groups is 1. The topological polar surface area (TPSA) is 61.8 Å². The van der Waals surface area contributed by atoms with Crippen molar-refractivity contribution in [2.24, 2.45) is 5.92 Å². The Bertz CT molecular complexity index is 1270. The minimum Gasteiger partial charge on any atom is -0.447 e. The van der Waals surface area contributed by atoms with Crippen LogP contribution >= 0.6 is 0 Å². The number of hydrogen-bond acceptors (Lipinski definition) is 4. The predicted octanol–water partition coefficient (Wildman–Crippen LogP) is 7.83. The van der Waals surface area contributed by atoms with Gasteiger partial charge in [-0.15, -0.1) is 0 Å². The fourth-order valence-electron chi connectivity index (χ4n) is 5.29. The third kappa shape index (κ3) is 7.43. The quantitative estimate of drug-likeness (QED) is 0.274. The zero-order valence-corrected chi connectivity index (χ0v) is 23.1. The van der Waals surface area contributed by atoms with E-state index in [4.69, 9.17) is 4.74 Å². The van der Waals surface area contributed by atoms with Crippen molar-refractivity contribution in [2.75, 3.05) is 18.4 Å². The molecular weight excluding hydrogens is 562 g/mol. The van der Waals surface area contributed by atoms with E-state index in [1.807, 2.05) is 12.1 Å². The van der Waals surface area contributed by atoms with Crippen molar-refractivity contribution in [1.82, 2.24) is 4.90 Å². The van der Waals surface area contributed by atoms with Gasteiger partial charge in [0, 0.05) is 12.2 Å². The first-order chi connectivity index (χ1) is 19.7. The zero-order chi connectivity index (χ0) is 30.7. The van der Waals surface area contributed by atoms with E-state index in [1.54, 1.807) is 26.0 Å². The Hall–Kier alpha value is -3.57. The van der Waals surface area contributed by atoms with Crippen molar-refractivity contribution in [2.45, 2.75) is 57.3 Å². The molecule has 0 radical (unpaired) electrons. The molecule has 42 heavy (non-hydrogen) atoms. The van der Waals surface area contributed by atoms with E-state index in [-0.39, 0.29) is 17.2 Å². The monoisotopic (exact) mass is 594 g/mol. The number of carbonyl (C=O) groups is 1. The maximum atomic E-state index is 13.2. The first kappa shape index (κ1) is 31.4. The molecule has 3 aromatic rings. The molecule has 0 aromatic heterocycles. The molecule has 0 atom stereocenters. The molecule has 0 unspecified atom stereocenters. The van der Waals surface area contributed by atoms with Gasteiger partial charge in [-0.05, 0) is 98.8 Å². The molecule has 0 spiro atoms. The summed E-state index contributed by atoms with van der Waals surface area (Å²) in [5.41, 5.74) is -1.61. The van der Waals surface area contributed by atoms with Gasteiger partial charge in [0.1, 0.15) is 5.60 Å². The van der Waals surface area contributed by atoms with Crippen LogP contribution in [0.4, 0.5) is 36.8 Å². The number of hydrogen-bond donors (Lipinski definition) is 2. The Balaban J connectivity index is 1.50. The van der Waals surface area contributed by atoms with Crippen LogP contribution in [0.1, 0.15) is 54.5 Å². The number of amides is 1. The lowest BCUT2D eigenvalue weighted by Gasteiger charge is -2.42. The summed E-state index contributed by atoms with van der Waals surface area (Å²) in [4.78, 5) is 14.0. The number of halogens is 6. The van der Waals surface area contributed by atoms with Gasteiger partial charge < -0.3 is 9.84 Å². The molecule has 5 nitrogen and oxygen atoms in total. The number of nitrogens with zero attached hydrogens (tertiary/aromatic N) is 1. The maximum absolute atomic E-state index is 13.2. The highest BCUT2D eigenvalue weighted by Gasteiger charge is 2.43. The summed E-state index contributed by atoms with van der Waals surface area (Å²) in [7, 11) is 0. The summed E-state index contributed by atoms with van der Waals surface area (Å²) in [5.74, 6) is -0.458. The average molecular weight is 595 g/mol. The second-order valence-electron chi connectivity index (χ2n) is 10.7. The number of anilines is 1. The van der Waals surface area contributed by atoms with Crippen LogP contribution in [0.5, 0.6) is 0 Å². The standard InChI is InChI=1S/C31H32F6N2O3/c1-20(2)42-28(40)38-27-13-3-21(4-14-27)19-39-17-15-24(16-18-39)29(41,22-5-9-25(10-6-22)30(32,33)34)23-7-11-26(12-8-23)31(35,36)37/h3-14,20,24,41H,15-19H2,1-2H3,(H,38,40). The van der Waals surface area contributed by atoms with Crippen LogP contribution in [-0.2, 0) is 29.2 Å². The molecule has 0 bridgehead atoms. The molecule has 1 saturated heterocycles. The van der Waals surface area contributed by atoms with E-state index in [1.165, 1.54) is 24.3 Å². The molecule has 1 fully saturated rings. The van der Waals surface area contributed by atoms with Gasteiger partial charge in [0.2, 0.25) is 0 Å². The number of rotatable bonds is 7. The highest BCUT2D eigenvalue weighted by Crippen LogP contribution is 2.44. The number of carbonyl (C=O) groups excluding carboxylic acids is 1. The molecule has 1 aliphatic heterocycles. The van der Waals surface area contributed by atoms with E-state index in [9.17, 15) is 36.2 Å². The van der Waals surface area contributed by atoms with E-state index in [0.29, 0.717) is 38.2 Å². The van der Waals surface area contributed by atoms with E-state index in [2.05, 4.69) is 10.2 Å². The molecule has 3 aromatic carbocycles. The molecule has 2 N–H and O–H groups in total. The summed E-state index contributed by atoms with van der Waals surface area (Å²) in [6, 6.07) is 15.5. The summed E-state index contributed by atoms with van der Waals surface area (Å²) in [6.45, 7) is 5.19. The summed E-state index contributed by atoms with van der Waals surface area (Å²) >= 11 is 0. The summed E-state index contributed by atoms with van der Waals surface area (Å²) in [5, 5.41) is 14.7. The first-order valence-corrected chi connectivity index (χ1v) is 13.5. The van der Waals surface area contributed by atoms with Gasteiger partial charge in [0.25, 0.3) is 0 Å². The molecule has 1 amide bonds. The van der Waals surface area contributed by atoms with Gasteiger partial charge in [0.05, 0.1) is 17.2 Å². The van der Waals surface area contributed by atoms with Gasteiger partial charge in [-0.1, -0.05) is 36.4 Å². The molecule has 0 aliphatic carbocycles. The molecule has 226 valence electrons. The van der Waals surface area contributed by atoms with E-state index >= 15 is 0 Å². The van der Waals surface area contributed by atoms with Crippen LogP contribution in [-0.4, -0.2) is 35.3 Å². The number of nitrogens with one attached hydrogen (secondary N) is 1. The van der Waals surface area contributed by atoms with Crippen molar-refractivity contribution in [3.8, 4) is 0 Å². The molecule has 11 heteroatoms. The second kappa shape index (κ2) is 12.3. The van der Waals surface area contributed by atoms with Gasteiger partial charge >= 0.3 is 18.4 Å². The third-order valence-corrected chi connectivity index (χ3v) is 7.43. The second-order valence-corrected chi connectivity index (χ2v) is 10.7. The first-order valence-electron chi connectivity index (χ1n) is 13.5. The molecule has 0 saturated carbocycles. The smallest absolute Gasteiger partial charge is 0.416 e. The Labute approximate surface area is 240 Å².